The fraction of sp³-hybridized carbons (Fsp3) is 0.0500. The topological polar surface area (TPSA) is 54.1 Å². The molecule has 0 amide bonds. The molecular weight excluding hydrogens is 355 g/mol. The van der Waals surface area contributed by atoms with Crippen LogP contribution in [0.2, 0.25) is 5.02 Å². The number of hydrogen-bond donors (Lipinski definition) is 2. The van der Waals surface area contributed by atoms with E-state index in [1.165, 1.54) is 13.2 Å². The number of rotatable bonds is 3. The molecule has 1 heterocycles. The summed E-state index contributed by atoms with van der Waals surface area (Å²) in [6, 6.07) is 15.4. The highest BCUT2D eigenvalue weighted by atomic mass is 35.5. The number of fused-ring (bicyclic) bond motifs is 2. The van der Waals surface area contributed by atoms with E-state index >= 15 is 0 Å². The fourth-order valence-corrected chi connectivity index (χ4v) is 3.06. The number of nitrogens with one attached hydrogen (secondary N) is 2. The number of methoxy groups -OCH3 is 1. The molecule has 4 aromatic rings. The third kappa shape index (κ3) is 2.86. The minimum atomic E-state index is -0.606. The highest BCUT2D eigenvalue weighted by Gasteiger charge is 2.12. The van der Waals surface area contributed by atoms with Crippen LogP contribution in [0.15, 0.2) is 59.4 Å². The maximum absolute atomic E-state index is 14.3. The predicted molar refractivity (Wildman–Crippen MR) is 103 cm³/mol. The number of hydrogen-bond acceptors (Lipinski definition) is 3. The monoisotopic (exact) mass is 368 g/mol. The van der Waals surface area contributed by atoms with Crippen molar-refractivity contribution < 1.29 is 9.13 Å². The Bertz CT molecular complexity index is 1190. The van der Waals surface area contributed by atoms with Gasteiger partial charge in [-0.05, 0) is 42.5 Å². The summed E-state index contributed by atoms with van der Waals surface area (Å²) >= 11 is 5.89. The summed E-state index contributed by atoms with van der Waals surface area (Å²) in [4.78, 5) is 15.8. The molecule has 0 aliphatic heterocycles. The lowest BCUT2D eigenvalue weighted by molar-refractivity contribution is 0.412. The molecule has 0 atom stereocenters. The lowest BCUT2D eigenvalue weighted by atomic mass is 10.1. The molecule has 0 spiro atoms. The molecule has 1 aromatic heterocycles. The molecule has 0 bridgehead atoms. The predicted octanol–water partition coefficient (Wildman–Crippen LogP) is 5.23. The van der Waals surface area contributed by atoms with Crippen molar-refractivity contribution in [1.29, 1.82) is 0 Å². The van der Waals surface area contributed by atoms with Crippen LogP contribution in [-0.2, 0) is 0 Å². The first kappa shape index (κ1) is 16.4. The van der Waals surface area contributed by atoms with Crippen LogP contribution in [0.25, 0.3) is 21.8 Å². The first-order valence-corrected chi connectivity index (χ1v) is 8.29. The van der Waals surface area contributed by atoms with E-state index in [-0.39, 0.29) is 10.8 Å². The van der Waals surface area contributed by atoms with Gasteiger partial charge in [0.25, 0.3) is 0 Å². The second-order valence-corrected chi connectivity index (χ2v) is 6.31. The molecule has 0 aliphatic carbocycles. The van der Waals surface area contributed by atoms with Gasteiger partial charge in [0.05, 0.1) is 23.5 Å². The number of benzene rings is 3. The number of pyridine rings is 1. The van der Waals surface area contributed by atoms with Gasteiger partial charge in [0, 0.05) is 33.9 Å². The molecule has 0 saturated heterocycles. The van der Waals surface area contributed by atoms with Crippen molar-refractivity contribution in [2.75, 3.05) is 12.4 Å². The Kier molecular flexibility index (Phi) is 4.01. The second-order valence-electron chi connectivity index (χ2n) is 5.88. The van der Waals surface area contributed by atoms with Gasteiger partial charge in [0.1, 0.15) is 11.6 Å². The Labute approximate surface area is 153 Å². The smallest absolute Gasteiger partial charge is 0.200 e. The maximum Gasteiger partial charge on any atom is 0.200 e. The summed E-state index contributed by atoms with van der Waals surface area (Å²) in [5.41, 5.74) is 2.30. The van der Waals surface area contributed by atoms with Gasteiger partial charge >= 0.3 is 0 Å². The third-order valence-corrected chi connectivity index (χ3v) is 4.44. The molecule has 2 N–H and O–H groups in total. The van der Waals surface area contributed by atoms with Crippen molar-refractivity contribution in [1.82, 2.24) is 4.98 Å². The molecule has 0 unspecified atom stereocenters. The van der Waals surface area contributed by atoms with E-state index < -0.39 is 5.82 Å². The average molecular weight is 369 g/mol. The lowest BCUT2D eigenvalue weighted by Crippen LogP contribution is -2.07. The molecule has 130 valence electrons. The largest absolute Gasteiger partial charge is 0.497 e. The first-order valence-electron chi connectivity index (χ1n) is 7.91. The third-order valence-electron chi connectivity index (χ3n) is 4.19. The van der Waals surface area contributed by atoms with Gasteiger partial charge in [-0.15, -0.1) is 0 Å². The van der Waals surface area contributed by atoms with Gasteiger partial charge in [-0.3, -0.25) is 4.79 Å². The molecule has 0 fully saturated rings. The zero-order chi connectivity index (χ0) is 18.3. The molecule has 0 saturated carbocycles. The maximum atomic E-state index is 14.3. The number of aromatic amines is 1. The Morgan fingerprint density at radius 1 is 1.00 bits per heavy atom. The van der Waals surface area contributed by atoms with E-state index in [0.29, 0.717) is 27.2 Å². The molecule has 0 aliphatic rings. The van der Waals surface area contributed by atoms with E-state index in [9.17, 15) is 9.18 Å². The summed E-state index contributed by atoms with van der Waals surface area (Å²) in [5.74, 6) is -0.258. The highest BCUT2D eigenvalue weighted by molar-refractivity contribution is 6.30. The highest BCUT2D eigenvalue weighted by Crippen LogP contribution is 2.26. The number of H-pyrrole nitrogens is 1. The zero-order valence-corrected chi connectivity index (χ0v) is 14.5. The molecular formula is C20H14ClFN2O2. The van der Waals surface area contributed by atoms with Gasteiger partial charge in [-0.2, -0.15) is 0 Å². The van der Waals surface area contributed by atoms with Gasteiger partial charge in [-0.25, -0.2) is 4.39 Å². The molecule has 3 aromatic carbocycles. The summed E-state index contributed by atoms with van der Waals surface area (Å²) in [6.07, 6.45) is 0. The summed E-state index contributed by atoms with van der Waals surface area (Å²) in [5, 5.41) is 4.34. The van der Waals surface area contributed by atoms with Crippen LogP contribution in [0.1, 0.15) is 0 Å². The number of halogens is 2. The van der Waals surface area contributed by atoms with Crippen molar-refractivity contribution in [3.8, 4) is 5.75 Å². The van der Waals surface area contributed by atoms with Crippen LogP contribution < -0.4 is 15.5 Å². The van der Waals surface area contributed by atoms with Crippen molar-refractivity contribution in [2.45, 2.75) is 0 Å². The second kappa shape index (κ2) is 6.35. The zero-order valence-electron chi connectivity index (χ0n) is 13.8. The van der Waals surface area contributed by atoms with Crippen LogP contribution in [0.4, 0.5) is 15.8 Å². The van der Waals surface area contributed by atoms with Gasteiger partial charge in [-0.1, -0.05) is 11.6 Å². The van der Waals surface area contributed by atoms with Crippen LogP contribution in [0.5, 0.6) is 5.75 Å². The Balaban J connectivity index is 1.86. The molecule has 26 heavy (non-hydrogen) atoms. The lowest BCUT2D eigenvalue weighted by Gasteiger charge is -2.10. The normalized spacial score (nSPS) is 11.0. The molecule has 6 heteroatoms. The van der Waals surface area contributed by atoms with E-state index in [0.717, 1.165) is 11.4 Å². The van der Waals surface area contributed by atoms with Gasteiger partial charge in [0.2, 0.25) is 0 Å². The molecule has 4 nitrogen and oxygen atoms in total. The van der Waals surface area contributed by atoms with Crippen LogP contribution in [-0.4, -0.2) is 12.1 Å². The van der Waals surface area contributed by atoms with Crippen LogP contribution >= 0.6 is 11.6 Å². The standard InChI is InChI=1S/C20H14ClFN2O2/c1-26-14-9-16(22)19-18(10-14)24-17-8-13(6-7-15(17)20(19)25)23-12-4-2-11(21)3-5-12/h2-10,23H,1H3,(H,24,25). The van der Waals surface area contributed by atoms with E-state index in [4.69, 9.17) is 16.3 Å². The Morgan fingerprint density at radius 2 is 1.73 bits per heavy atom. The Morgan fingerprint density at radius 3 is 2.46 bits per heavy atom. The minimum absolute atomic E-state index is 0.0247. The molecule has 4 rings (SSSR count). The van der Waals surface area contributed by atoms with Gasteiger partial charge in [0.15, 0.2) is 5.43 Å². The number of ether oxygens (including phenoxy) is 1. The first-order chi connectivity index (χ1) is 12.5. The summed E-state index contributed by atoms with van der Waals surface area (Å²) in [6.45, 7) is 0. The van der Waals surface area contributed by atoms with Crippen molar-refractivity contribution >= 4 is 44.8 Å². The van der Waals surface area contributed by atoms with E-state index in [1.807, 2.05) is 18.2 Å². The van der Waals surface area contributed by atoms with Crippen LogP contribution in [0, 0.1) is 5.82 Å². The van der Waals surface area contributed by atoms with E-state index in [2.05, 4.69) is 10.3 Å². The Hall–Kier alpha value is -3.05. The van der Waals surface area contributed by atoms with Crippen molar-refractivity contribution in [3.63, 3.8) is 0 Å². The number of anilines is 2. The van der Waals surface area contributed by atoms with E-state index in [1.54, 1.807) is 30.3 Å². The van der Waals surface area contributed by atoms with Crippen molar-refractivity contribution in [3.05, 3.63) is 75.7 Å². The average Bonchev–Trinajstić information content (AvgIpc) is 2.63. The fourth-order valence-electron chi connectivity index (χ4n) is 2.93. The quantitative estimate of drug-likeness (QED) is 0.487. The minimum Gasteiger partial charge on any atom is -0.497 e. The SMILES string of the molecule is COc1cc(F)c2c(=O)c3ccc(Nc4ccc(Cl)cc4)cc3[nH]c2c1. The summed E-state index contributed by atoms with van der Waals surface area (Å²) in [7, 11) is 1.45. The summed E-state index contributed by atoms with van der Waals surface area (Å²) < 4.78 is 19.4. The number of aromatic nitrogens is 1. The molecule has 0 radical (unpaired) electrons. The van der Waals surface area contributed by atoms with Crippen LogP contribution in [0.3, 0.4) is 0 Å². The van der Waals surface area contributed by atoms with Crippen molar-refractivity contribution in [2.24, 2.45) is 0 Å². The van der Waals surface area contributed by atoms with Gasteiger partial charge < -0.3 is 15.0 Å².